The van der Waals surface area contributed by atoms with Crippen LogP contribution in [-0.4, -0.2) is 62.3 Å². The van der Waals surface area contributed by atoms with Crippen LogP contribution in [0.3, 0.4) is 0 Å². The lowest BCUT2D eigenvalue weighted by Crippen LogP contribution is -2.45. The number of fused-ring (bicyclic) bond motifs is 1. The van der Waals surface area contributed by atoms with E-state index in [1.807, 2.05) is 24.3 Å². The van der Waals surface area contributed by atoms with E-state index in [1.54, 1.807) is 24.0 Å². The fraction of sp³-hybridized carbons (Fsp3) is 0.417. The van der Waals surface area contributed by atoms with Crippen molar-refractivity contribution in [3.8, 4) is 0 Å². The largest absolute Gasteiger partial charge is 0.378 e. The second-order valence-corrected chi connectivity index (χ2v) is 10.1. The lowest BCUT2D eigenvalue weighted by molar-refractivity contribution is -0.136. The number of benzene rings is 2. The van der Waals surface area contributed by atoms with Crippen molar-refractivity contribution < 1.29 is 22.7 Å². The molecule has 2 heterocycles. The average molecular weight is 472 g/mol. The number of rotatable bonds is 6. The Morgan fingerprint density at radius 1 is 1.03 bits per heavy atom. The van der Waals surface area contributed by atoms with Gasteiger partial charge >= 0.3 is 0 Å². The zero-order chi connectivity index (χ0) is 23.4. The first kappa shape index (κ1) is 23.4. The molecule has 2 aromatic carbocycles. The van der Waals surface area contributed by atoms with Gasteiger partial charge in [-0.15, -0.1) is 0 Å². The van der Waals surface area contributed by atoms with Crippen LogP contribution in [0.15, 0.2) is 53.4 Å². The topological polar surface area (TPSA) is 96.0 Å². The predicted molar refractivity (Wildman–Crippen MR) is 124 cm³/mol. The maximum Gasteiger partial charge on any atom is 0.243 e. The van der Waals surface area contributed by atoms with Crippen molar-refractivity contribution in [1.29, 1.82) is 0 Å². The zero-order valence-electron chi connectivity index (χ0n) is 18.7. The number of morpholine rings is 1. The molecule has 1 atom stereocenters. The standard InChI is InChI=1S/C24H29N3O5S/c1-2-23(28)25-19-7-9-20(10-8-19)33(30,31)27-12-11-18-5-3-4-6-21(18)22(27)17-24(29)26-13-15-32-16-14-26/h3-10,22H,2,11-17H2,1H3,(H,25,28). The maximum absolute atomic E-state index is 13.6. The molecule has 33 heavy (non-hydrogen) atoms. The second kappa shape index (κ2) is 10.0. The molecule has 0 aromatic heterocycles. The van der Waals surface area contributed by atoms with Crippen molar-refractivity contribution in [3.63, 3.8) is 0 Å². The van der Waals surface area contributed by atoms with E-state index in [0.717, 1.165) is 11.1 Å². The molecular formula is C24H29N3O5S. The molecule has 9 heteroatoms. The predicted octanol–water partition coefficient (Wildman–Crippen LogP) is 2.57. The Kier molecular flexibility index (Phi) is 7.11. The van der Waals surface area contributed by atoms with Crippen LogP contribution in [-0.2, 0) is 30.8 Å². The van der Waals surface area contributed by atoms with Gasteiger partial charge in [0.05, 0.1) is 24.2 Å². The molecule has 2 amide bonds. The summed E-state index contributed by atoms with van der Waals surface area (Å²) < 4.78 is 34.1. The van der Waals surface area contributed by atoms with E-state index < -0.39 is 16.1 Å². The third-order valence-corrected chi connectivity index (χ3v) is 8.08. The number of nitrogens with one attached hydrogen (secondary N) is 1. The number of sulfonamides is 1. The summed E-state index contributed by atoms with van der Waals surface area (Å²) in [7, 11) is -3.86. The second-order valence-electron chi connectivity index (χ2n) is 8.20. The molecule has 176 valence electrons. The summed E-state index contributed by atoms with van der Waals surface area (Å²) in [6, 6.07) is 13.3. The summed E-state index contributed by atoms with van der Waals surface area (Å²) in [5.41, 5.74) is 2.49. The van der Waals surface area contributed by atoms with Gasteiger partial charge in [0.25, 0.3) is 0 Å². The van der Waals surface area contributed by atoms with Gasteiger partial charge in [-0.25, -0.2) is 8.42 Å². The number of hydrogen-bond donors (Lipinski definition) is 1. The van der Waals surface area contributed by atoms with Gasteiger partial charge in [-0.05, 0) is 41.8 Å². The molecule has 1 N–H and O–H groups in total. The molecule has 1 unspecified atom stereocenters. The number of carbonyl (C=O) groups is 2. The van der Waals surface area contributed by atoms with E-state index in [1.165, 1.54) is 16.4 Å². The Hall–Kier alpha value is -2.75. The van der Waals surface area contributed by atoms with Gasteiger partial charge < -0.3 is 15.0 Å². The molecule has 2 aromatic rings. The number of carbonyl (C=O) groups excluding carboxylic acids is 2. The van der Waals surface area contributed by atoms with Crippen LogP contribution in [0.25, 0.3) is 0 Å². The summed E-state index contributed by atoms with van der Waals surface area (Å²) in [5.74, 6) is -0.210. The number of amides is 2. The molecule has 0 saturated carbocycles. The van der Waals surface area contributed by atoms with Gasteiger partial charge in [0.15, 0.2) is 0 Å². The maximum atomic E-state index is 13.6. The molecule has 0 bridgehead atoms. The van der Waals surface area contributed by atoms with Crippen LogP contribution in [0.5, 0.6) is 0 Å². The van der Waals surface area contributed by atoms with E-state index in [0.29, 0.717) is 51.4 Å². The molecule has 1 saturated heterocycles. The molecular weight excluding hydrogens is 442 g/mol. The van der Waals surface area contributed by atoms with E-state index in [-0.39, 0.29) is 23.1 Å². The lowest BCUT2D eigenvalue weighted by atomic mass is 9.92. The molecule has 8 nitrogen and oxygen atoms in total. The molecule has 0 aliphatic carbocycles. The highest BCUT2D eigenvalue weighted by Gasteiger charge is 2.38. The van der Waals surface area contributed by atoms with Crippen LogP contribution in [0.4, 0.5) is 5.69 Å². The fourth-order valence-electron chi connectivity index (χ4n) is 4.33. The van der Waals surface area contributed by atoms with Crippen LogP contribution in [0, 0.1) is 0 Å². The van der Waals surface area contributed by atoms with Crippen LogP contribution < -0.4 is 5.32 Å². The number of hydrogen-bond acceptors (Lipinski definition) is 5. The van der Waals surface area contributed by atoms with Crippen molar-refractivity contribution in [2.24, 2.45) is 0 Å². The van der Waals surface area contributed by atoms with Crippen molar-refractivity contribution in [3.05, 3.63) is 59.7 Å². The van der Waals surface area contributed by atoms with Gasteiger partial charge in [-0.2, -0.15) is 4.31 Å². The highest BCUT2D eigenvalue weighted by Crippen LogP contribution is 2.37. The van der Waals surface area contributed by atoms with Crippen molar-refractivity contribution >= 4 is 27.5 Å². The molecule has 0 radical (unpaired) electrons. The van der Waals surface area contributed by atoms with E-state index in [9.17, 15) is 18.0 Å². The third-order valence-electron chi connectivity index (χ3n) is 6.16. The highest BCUT2D eigenvalue weighted by molar-refractivity contribution is 7.89. The third kappa shape index (κ3) is 5.10. The SMILES string of the molecule is CCC(=O)Nc1ccc(S(=O)(=O)N2CCc3ccccc3C2CC(=O)N2CCOCC2)cc1. The van der Waals surface area contributed by atoms with Gasteiger partial charge in [0.2, 0.25) is 21.8 Å². The quantitative estimate of drug-likeness (QED) is 0.699. The molecule has 0 spiro atoms. The van der Waals surface area contributed by atoms with Crippen LogP contribution in [0.2, 0.25) is 0 Å². The average Bonchev–Trinajstić information content (AvgIpc) is 2.84. The highest BCUT2D eigenvalue weighted by atomic mass is 32.2. The molecule has 2 aliphatic rings. The Bertz CT molecular complexity index is 1110. The van der Waals surface area contributed by atoms with Gasteiger partial charge in [-0.3, -0.25) is 9.59 Å². The smallest absolute Gasteiger partial charge is 0.243 e. The minimum absolute atomic E-state index is 0.0715. The van der Waals surface area contributed by atoms with Crippen LogP contribution in [0.1, 0.15) is 36.9 Å². The summed E-state index contributed by atoms with van der Waals surface area (Å²) in [6.45, 7) is 4.08. The molecule has 4 rings (SSSR count). The minimum Gasteiger partial charge on any atom is -0.378 e. The summed E-state index contributed by atoms with van der Waals surface area (Å²) in [4.78, 5) is 26.6. The van der Waals surface area contributed by atoms with E-state index in [4.69, 9.17) is 4.74 Å². The van der Waals surface area contributed by atoms with Gasteiger partial charge in [0.1, 0.15) is 0 Å². The van der Waals surface area contributed by atoms with Crippen molar-refractivity contribution in [2.45, 2.75) is 37.1 Å². The first-order valence-corrected chi connectivity index (χ1v) is 12.7. The lowest BCUT2D eigenvalue weighted by Gasteiger charge is -2.37. The van der Waals surface area contributed by atoms with Crippen LogP contribution >= 0.6 is 0 Å². The Labute approximate surface area is 194 Å². The first-order chi connectivity index (χ1) is 15.9. The van der Waals surface area contributed by atoms with Crippen molar-refractivity contribution in [1.82, 2.24) is 9.21 Å². The minimum atomic E-state index is -3.86. The zero-order valence-corrected chi connectivity index (χ0v) is 19.5. The number of nitrogens with zero attached hydrogens (tertiary/aromatic N) is 2. The Balaban J connectivity index is 1.62. The normalized spacial score (nSPS) is 19.1. The van der Waals surface area contributed by atoms with Gasteiger partial charge in [0, 0.05) is 38.2 Å². The fourth-order valence-corrected chi connectivity index (χ4v) is 5.94. The summed E-state index contributed by atoms with van der Waals surface area (Å²) in [6.07, 6.45) is 1.01. The first-order valence-electron chi connectivity index (χ1n) is 11.2. The Morgan fingerprint density at radius 3 is 2.42 bits per heavy atom. The number of anilines is 1. The van der Waals surface area contributed by atoms with E-state index in [2.05, 4.69) is 5.32 Å². The molecule has 1 fully saturated rings. The monoisotopic (exact) mass is 471 g/mol. The van der Waals surface area contributed by atoms with E-state index >= 15 is 0 Å². The molecule has 2 aliphatic heterocycles. The Morgan fingerprint density at radius 2 is 1.73 bits per heavy atom. The summed E-state index contributed by atoms with van der Waals surface area (Å²) >= 11 is 0. The summed E-state index contributed by atoms with van der Waals surface area (Å²) in [5, 5.41) is 2.73. The van der Waals surface area contributed by atoms with Gasteiger partial charge in [-0.1, -0.05) is 31.2 Å². The number of ether oxygens (including phenoxy) is 1. The van der Waals surface area contributed by atoms with Crippen molar-refractivity contribution in [2.75, 3.05) is 38.2 Å².